The highest BCUT2D eigenvalue weighted by molar-refractivity contribution is 8.00. The Morgan fingerprint density at radius 2 is 1.86 bits per heavy atom. The monoisotopic (exact) mass is 317 g/mol. The number of benzene rings is 2. The number of anilines is 1. The van der Waals surface area contributed by atoms with Crippen molar-refractivity contribution in [3.05, 3.63) is 59.9 Å². The van der Waals surface area contributed by atoms with Crippen molar-refractivity contribution in [3.8, 4) is 0 Å². The molecule has 2 aromatic carbocycles. The summed E-state index contributed by atoms with van der Waals surface area (Å²) in [5, 5.41) is 2.28. The molecule has 1 atom stereocenters. The number of rotatable bonds is 5. The second kappa shape index (κ2) is 7.22. The summed E-state index contributed by atoms with van der Waals surface area (Å²) in [5.41, 5.74) is 1.09. The minimum Gasteiger partial charge on any atom is -0.325 e. The maximum absolute atomic E-state index is 13.6. The van der Waals surface area contributed by atoms with E-state index in [9.17, 15) is 14.0 Å². The van der Waals surface area contributed by atoms with Crippen LogP contribution >= 0.6 is 11.8 Å². The SMILES string of the molecule is CC(=O)c1cccc(NC(=O)[C@@H](C)Sc2ccccc2F)c1. The van der Waals surface area contributed by atoms with Crippen LogP contribution in [0.25, 0.3) is 0 Å². The van der Waals surface area contributed by atoms with Crippen LogP contribution in [0.1, 0.15) is 24.2 Å². The van der Waals surface area contributed by atoms with Crippen molar-refractivity contribution in [3.63, 3.8) is 0 Å². The van der Waals surface area contributed by atoms with E-state index in [0.717, 1.165) is 11.8 Å². The summed E-state index contributed by atoms with van der Waals surface area (Å²) in [7, 11) is 0. The van der Waals surface area contributed by atoms with E-state index in [0.29, 0.717) is 16.1 Å². The Hall–Kier alpha value is -2.14. The van der Waals surface area contributed by atoms with Gasteiger partial charge in [-0.1, -0.05) is 24.3 Å². The van der Waals surface area contributed by atoms with Gasteiger partial charge >= 0.3 is 0 Å². The number of ketones is 1. The Balaban J connectivity index is 2.04. The van der Waals surface area contributed by atoms with Crippen LogP contribution in [0.2, 0.25) is 0 Å². The summed E-state index contributed by atoms with van der Waals surface area (Å²) in [6.45, 7) is 3.18. The second-order valence-corrected chi connectivity index (χ2v) is 6.20. The van der Waals surface area contributed by atoms with Gasteiger partial charge in [0.2, 0.25) is 5.91 Å². The van der Waals surface area contributed by atoms with E-state index in [1.54, 1.807) is 49.4 Å². The predicted molar refractivity (Wildman–Crippen MR) is 86.8 cm³/mol. The van der Waals surface area contributed by atoms with Crippen LogP contribution in [0.5, 0.6) is 0 Å². The molecule has 22 heavy (non-hydrogen) atoms. The largest absolute Gasteiger partial charge is 0.325 e. The van der Waals surface area contributed by atoms with Crippen LogP contribution in [0, 0.1) is 5.82 Å². The van der Waals surface area contributed by atoms with Crippen molar-refractivity contribution in [1.29, 1.82) is 0 Å². The lowest BCUT2D eigenvalue weighted by Gasteiger charge is -2.13. The lowest BCUT2D eigenvalue weighted by molar-refractivity contribution is -0.115. The summed E-state index contributed by atoms with van der Waals surface area (Å²) in [6.07, 6.45) is 0. The summed E-state index contributed by atoms with van der Waals surface area (Å²) in [4.78, 5) is 23.9. The van der Waals surface area contributed by atoms with Gasteiger partial charge in [0.15, 0.2) is 5.78 Å². The highest BCUT2D eigenvalue weighted by Gasteiger charge is 2.16. The molecule has 0 heterocycles. The maximum Gasteiger partial charge on any atom is 0.237 e. The van der Waals surface area contributed by atoms with Gasteiger partial charge in [-0.05, 0) is 38.1 Å². The fourth-order valence-electron chi connectivity index (χ4n) is 1.84. The molecule has 0 bridgehead atoms. The zero-order chi connectivity index (χ0) is 16.1. The van der Waals surface area contributed by atoms with E-state index < -0.39 is 5.25 Å². The Morgan fingerprint density at radius 3 is 2.55 bits per heavy atom. The maximum atomic E-state index is 13.6. The molecule has 2 aromatic rings. The lowest BCUT2D eigenvalue weighted by atomic mass is 10.1. The molecular weight excluding hydrogens is 301 g/mol. The molecular formula is C17H16FNO2S. The normalized spacial score (nSPS) is 11.8. The smallest absolute Gasteiger partial charge is 0.237 e. The molecule has 3 nitrogen and oxygen atoms in total. The van der Waals surface area contributed by atoms with E-state index in [-0.39, 0.29) is 17.5 Å². The first-order valence-corrected chi connectivity index (χ1v) is 7.68. The van der Waals surface area contributed by atoms with Gasteiger partial charge in [0.1, 0.15) is 5.82 Å². The fraction of sp³-hybridized carbons (Fsp3) is 0.176. The average molecular weight is 317 g/mol. The number of halogens is 1. The van der Waals surface area contributed by atoms with E-state index in [1.165, 1.54) is 13.0 Å². The molecule has 0 aliphatic rings. The van der Waals surface area contributed by atoms with Crippen LogP contribution in [0.4, 0.5) is 10.1 Å². The molecule has 0 saturated heterocycles. The predicted octanol–water partition coefficient (Wildman–Crippen LogP) is 4.15. The highest BCUT2D eigenvalue weighted by Crippen LogP contribution is 2.26. The van der Waals surface area contributed by atoms with E-state index in [2.05, 4.69) is 5.32 Å². The van der Waals surface area contributed by atoms with Gasteiger partial charge in [0.05, 0.1) is 5.25 Å². The van der Waals surface area contributed by atoms with Gasteiger partial charge in [-0.15, -0.1) is 11.8 Å². The number of thioether (sulfide) groups is 1. The average Bonchev–Trinajstić information content (AvgIpc) is 2.49. The topological polar surface area (TPSA) is 46.2 Å². The van der Waals surface area contributed by atoms with Crippen LogP contribution in [0.3, 0.4) is 0 Å². The van der Waals surface area contributed by atoms with Gasteiger partial charge in [-0.25, -0.2) is 4.39 Å². The molecule has 0 aromatic heterocycles. The molecule has 1 N–H and O–H groups in total. The van der Waals surface area contributed by atoms with Gasteiger partial charge in [-0.3, -0.25) is 9.59 Å². The van der Waals surface area contributed by atoms with Crippen LogP contribution in [-0.2, 0) is 4.79 Å². The standard InChI is InChI=1S/C17H16FNO2S/c1-11(20)13-6-5-7-14(10-13)19-17(21)12(2)22-16-9-4-3-8-15(16)18/h3-10,12H,1-2H3,(H,19,21)/t12-/m1/s1. The van der Waals surface area contributed by atoms with Crippen molar-refractivity contribution in [1.82, 2.24) is 0 Å². The van der Waals surface area contributed by atoms with Gasteiger partial charge in [0.25, 0.3) is 0 Å². The van der Waals surface area contributed by atoms with Gasteiger partial charge in [-0.2, -0.15) is 0 Å². The van der Waals surface area contributed by atoms with Gasteiger partial charge in [0, 0.05) is 16.1 Å². The highest BCUT2D eigenvalue weighted by atomic mass is 32.2. The number of amides is 1. The van der Waals surface area contributed by atoms with Crippen molar-refractivity contribution in [2.75, 3.05) is 5.32 Å². The van der Waals surface area contributed by atoms with E-state index in [4.69, 9.17) is 0 Å². The van der Waals surface area contributed by atoms with Crippen molar-refractivity contribution < 1.29 is 14.0 Å². The van der Waals surface area contributed by atoms with Gasteiger partial charge < -0.3 is 5.32 Å². The molecule has 0 spiro atoms. The molecule has 1 amide bonds. The molecule has 0 fully saturated rings. The van der Waals surface area contributed by atoms with E-state index >= 15 is 0 Å². The molecule has 0 aliphatic carbocycles. The number of hydrogen-bond acceptors (Lipinski definition) is 3. The Kier molecular flexibility index (Phi) is 5.33. The summed E-state index contributed by atoms with van der Waals surface area (Å²) in [6, 6.07) is 13.1. The minimum atomic E-state index is -0.460. The third-order valence-electron chi connectivity index (χ3n) is 3.05. The first-order chi connectivity index (χ1) is 10.5. The van der Waals surface area contributed by atoms with Crippen molar-refractivity contribution in [2.24, 2.45) is 0 Å². The zero-order valence-electron chi connectivity index (χ0n) is 12.3. The third kappa shape index (κ3) is 4.18. The molecule has 0 radical (unpaired) electrons. The fourth-order valence-corrected chi connectivity index (χ4v) is 2.73. The second-order valence-electron chi connectivity index (χ2n) is 4.82. The number of Topliss-reactive ketones (excluding diaryl/α,β-unsaturated/α-hetero) is 1. The Morgan fingerprint density at radius 1 is 1.14 bits per heavy atom. The quantitative estimate of drug-likeness (QED) is 0.665. The van der Waals surface area contributed by atoms with E-state index in [1.807, 2.05) is 0 Å². The molecule has 0 unspecified atom stereocenters. The van der Waals surface area contributed by atoms with Crippen LogP contribution < -0.4 is 5.32 Å². The number of nitrogens with one attached hydrogen (secondary N) is 1. The summed E-state index contributed by atoms with van der Waals surface area (Å²) in [5.74, 6) is -0.649. The van der Waals surface area contributed by atoms with Crippen LogP contribution in [-0.4, -0.2) is 16.9 Å². The van der Waals surface area contributed by atoms with Crippen molar-refractivity contribution >= 4 is 29.1 Å². The third-order valence-corrected chi connectivity index (χ3v) is 4.20. The zero-order valence-corrected chi connectivity index (χ0v) is 13.1. The molecule has 2 rings (SSSR count). The summed E-state index contributed by atoms with van der Waals surface area (Å²) < 4.78 is 13.6. The number of carbonyl (C=O) groups excluding carboxylic acids is 2. The Bertz CT molecular complexity index is 703. The number of hydrogen-bond donors (Lipinski definition) is 1. The molecule has 5 heteroatoms. The lowest BCUT2D eigenvalue weighted by Crippen LogP contribution is -2.22. The van der Waals surface area contributed by atoms with Crippen molar-refractivity contribution in [2.45, 2.75) is 24.0 Å². The first-order valence-electron chi connectivity index (χ1n) is 6.80. The summed E-state index contributed by atoms with van der Waals surface area (Å²) >= 11 is 1.15. The van der Waals surface area contributed by atoms with Crippen LogP contribution in [0.15, 0.2) is 53.4 Å². The molecule has 114 valence electrons. The number of carbonyl (C=O) groups is 2. The molecule has 0 saturated carbocycles. The first kappa shape index (κ1) is 16.2. The minimum absolute atomic E-state index is 0.0649. The molecule has 0 aliphatic heterocycles. The Labute approximate surface area is 132 Å².